The van der Waals surface area contributed by atoms with Crippen LogP contribution in [0.3, 0.4) is 0 Å². The van der Waals surface area contributed by atoms with Crippen LogP contribution in [0, 0.1) is 5.92 Å². The molecule has 2 rings (SSSR count). The minimum Gasteiger partial charge on any atom is -0.388 e. The maximum atomic E-state index is 9.52. The van der Waals surface area contributed by atoms with Gasteiger partial charge in [-0.3, -0.25) is 0 Å². The van der Waals surface area contributed by atoms with E-state index in [0.29, 0.717) is 0 Å². The Morgan fingerprint density at radius 1 is 1.50 bits per heavy atom. The van der Waals surface area contributed by atoms with Crippen LogP contribution in [0.2, 0.25) is 0 Å². The molecule has 18 heavy (non-hydrogen) atoms. The summed E-state index contributed by atoms with van der Waals surface area (Å²) in [6.07, 6.45) is 3.88. The predicted molar refractivity (Wildman–Crippen MR) is 76.2 cm³/mol. The molecule has 1 saturated heterocycles. The minimum atomic E-state index is -0.400. The van der Waals surface area contributed by atoms with Crippen molar-refractivity contribution >= 4 is 16.5 Å². The van der Waals surface area contributed by atoms with Crippen LogP contribution in [-0.2, 0) is 0 Å². The van der Waals surface area contributed by atoms with E-state index in [0.717, 1.165) is 29.0 Å². The smallest absolute Gasteiger partial charge is 0.185 e. The molecule has 0 radical (unpaired) electrons. The van der Waals surface area contributed by atoms with Crippen molar-refractivity contribution < 1.29 is 5.11 Å². The van der Waals surface area contributed by atoms with E-state index in [4.69, 9.17) is 0 Å². The molecule has 1 unspecified atom stereocenters. The average Bonchev–Trinajstić information content (AvgIpc) is 2.78. The van der Waals surface area contributed by atoms with Gasteiger partial charge in [-0.05, 0) is 39.8 Å². The van der Waals surface area contributed by atoms with Crippen LogP contribution in [0.15, 0.2) is 6.20 Å². The third-order valence-corrected chi connectivity index (χ3v) is 4.66. The van der Waals surface area contributed by atoms with E-state index in [2.05, 4.69) is 28.9 Å². The SMILES string of the molecule is CC(O)c1cnc(N2CCC(CN(C)C)CC2)s1. The number of hydrogen-bond acceptors (Lipinski definition) is 5. The van der Waals surface area contributed by atoms with Crippen molar-refractivity contribution in [2.45, 2.75) is 25.9 Å². The van der Waals surface area contributed by atoms with Crippen LogP contribution < -0.4 is 4.90 Å². The van der Waals surface area contributed by atoms with E-state index in [1.54, 1.807) is 24.5 Å². The van der Waals surface area contributed by atoms with Gasteiger partial charge in [-0.1, -0.05) is 11.3 Å². The van der Waals surface area contributed by atoms with Gasteiger partial charge >= 0.3 is 0 Å². The maximum absolute atomic E-state index is 9.52. The molecule has 0 bridgehead atoms. The van der Waals surface area contributed by atoms with Crippen molar-refractivity contribution in [3.8, 4) is 0 Å². The summed E-state index contributed by atoms with van der Waals surface area (Å²) in [6.45, 7) is 5.15. The number of aromatic nitrogens is 1. The van der Waals surface area contributed by atoms with Gasteiger partial charge in [0.15, 0.2) is 5.13 Å². The Bertz CT molecular complexity index is 370. The number of hydrogen-bond donors (Lipinski definition) is 1. The molecule has 1 aromatic rings. The number of aliphatic hydroxyl groups excluding tert-OH is 1. The molecule has 0 saturated carbocycles. The topological polar surface area (TPSA) is 39.6 Å². The molecule has 1 atom stereocenters. The fourth-order valence-electron chi connectivity index (χ4n) is 2.44. The molecular weight excluding hydrogens is 246 g/mol. The largest absolute Gasteiger partial charge is 0.388 e. The Kier molecular flexibility index (Phi) is 4.59. The number of rotatable bonds is 4. The van der Waals surface area contributed by atoms with Gasteiger partial charge in [0.05, 0.1) is 11.0 Å². The van der Waals surface area contributed by atoms with Crippen LogP contribution >= 0.6 is 11.3 Å². The molecule has 4 nitrogen and oxygen atoms in total. The predicted octanol–water partition coefficient (Wildman–Crippen LogP) is 1.97. The van der Waals surface area contributed by atoms with Gasteiger partial charge in [-0.25, -0.2) is 4.98 Å². The van der Waals surface area contributed by atoms with Gasteiger partial charge in [0.25, 0.3) is 0 Å². The van der Waals surface area contributed by atoms with Crippen molar-refractivity contribution in [2.75, 3.05) is 38.6 Å². The lowest BCUT2D eigenvalue weighted by atomic mass is 9.97. The third kappa shape index (κ3) is 3.43. The average molecular weight is 269 g/mol. The van der Waals surface area contributed by atoms with E-state index in [1.165, 1.54) is 19.4 Å². The van der Waals surface area contributed by atoms with Crippen LogP contribution in [0.25, 0.3) is 0 Å². The standard InChI is InChI=1S/C13H23N3OS/c1-10(17)12-8-14-13(18-12)16-6-4-11(5-7-16)9-15(2)3/h8,10-11,17H,4-7,9H2,1-3H3. The molecule has 1 N–H and O–H groups in total. The normalized spacial score (nSPS) is 19.5. The Morgan fingerprint density at radius 3 is 2.67 bits per heavy atom. The lowest BCUT2D eigenvalue weighted by Gasteiger charge is -2.33. The van der Waals surface area contributed by atoms with Gasteiger partial charge in [0, 0.05) is 25.8 Å². The molecular formula is C13H23N3OS. The summed E-state index contributed by atoms with van der Waals surface area (Å²) in [7, 11) is 4.28. The van der Waals surface area contributed by atoms with E-state index >= 15 is 0 Å². The summed E-state index contributed by atoms with van der Waals surface area (Å²) in [5.41, 5.74) is 0. The van der Waals surface area contributed by atoms with Crippen LogP contribution in [0.5, 0.6) is 0 Å². The Balaban J connectivity index is 1.88. The molecule has 1 aliphatic rings. The summed E-state index contributed by atoms with van der Waals surface area (Å²) in [5.74, 6) is 0.812. The summed E-state index contributed by atoms with van der Waals surface area (Å²) in [6, 6.07) is 0. The molecule has 1 aromatic heterocycles. The second-order valence-electron chi connectivity index (χ2n) is 5.41. The van der Waals surface area contributed by atoms with Gasteiger partial charge in [-0.2, -0.15) is 0 Å². The quantitative estimate of drug-likeness (QED) is 0.907. The monoisotopic (exact) mass is 269 g/mol. The highest BCUT2D eigenvalue weighted by molar-refractivity contribution is 7.15. The Hall–Kier alpha value is -0.650. The van der Waals surface area contributed by atoms with Crippen LogP contribution in [0.4, 0.5) is 5.13 Å². The third-order valence-electron chi connectivity index (χ3n) is 3.43. The fraction of sp³-hybridized carbons (Fsp3) is 0.769. The van der Waals surface area contributed by atoms with Crippen molar-refractivity contribution in [3.05, 3.63) is 11.1 Å². The van der Waals surface area contributed by atoms with Crippen LogP contribution in [-0.4, -0.2) is 48.7 Å². The first-order valence-corrected chi connectivity index (χ1v) is 7.41. The zero-order chi connectivity index (χ0) is 13.1. The van der Waals surface area contributed by atoms with Gasteiger partial charge in [0.1, 0.15) is 0 Å². The van der Waals surface area contributed by atoms with E-state index in [1.807, 2.05) is 0 Å². The molecule has 102 valence electrons. The van der Waals surface area contributed by atoms with Crippen molar-refractivity contribution in [3.63, 3.8) is 0 Å². The zero-order valence-electron chi connectivity index (χ0n) is 11.5. The van der Waals surface area contributed by atoms with Crippen molar-refractivity contribution in [2.24, 2.45) is 5.92 Å². The maximum Gasteiger partial charge on any atom is 0.185 e. The number of piperidine rings is 1. The first kappa shape index (κ1) is 13.8. The summed E-state index contributed by atoms with van der Waals surface area (Å²) < 4.78 is 0. The second kappa shape index (κ2) is 5.99. The zero-order valence-corrected chi connectivity index (χ0v) is 12.3. The first-order chi connectivity index (χ1) is 8.56. The number of nitrogens with zero attached hydrogens (tertiary/aromatic N) is 3. The summed E-state index contributed by atoms with van der Waals surface area (Å²) >= 11 is 1.62. The Morgan fingerprint density at radius 2 is 2.17 bits per heavy atom. The van der Waals surface area contributed by atoms with Crippen LogP contribution in [0.1, 0.15) is 30.7 Å². The molecule has 0 spiro atoms. The van der Waals surface area contributed by atoms with E-state index in [9.17, 15) is 5.11 Å². The summed E-state index contributed by atoms with van der Waals surface area (Å²) in [4.78, 5) is 10.0. The Labute approximate surface area is 113 Å². The minimum absolute atomic E-state index is 0.400. The number of anilines is 1. The van der Waals surface area contributed by atoms with E-state index < -0.39 is 6.10 Å². The number of thiazole rings is 1. The number of aliphatic hydroxyl groups is 1. The fourth-order valence-corrected chi connectivity index (χ4v) is 3.34. The van der Waals surface area contributed by atoms with E-state index in [-0.39, 0.29) is 0 Å². The molecule has 0 aliphatic carbocycles. The lowest BCUT2D eigenvalue weighted by molar-refractivity contribution is 0.203. The highest BCUT2D eigenvalue weighted by Crippen LogP contribution is 2.30. The lowest BCUT2D eigenvalue weighted by Crippen LogP contribution is -2.37. The second-order valence-corrected chi connectivity index (χ2v) is 6.45. The highest BCUT2D eigenvalue weighted by Gasteiger charge is 2.22. The van der Waals surface area contributed by atoms with Gasteiger partial charge < -0.3 is 14.9 Å². The highest BCUT2D eigenvalue weighted by atomic mass is 32.1. The van der Waals surface area contributed by atoms with Gasteiger partial charge in [0.2, 0.25) is 0 Å². The molecule has 1 fully saturated rings. The molecule has 5 heteroatoms. The molecule has 0 aromatic carbocycles. The van der Waals surface area contributed by atoms with Crippen molar-refractivity contribution in [1.82, 2.24) is 9.88 Å². The molecule has 0 amide bonds. The summed E-state index contributed by atoms with van der Waals surface area (Å²) in [5, 5.41) is 10.6. The molecule has 2 heterocycles. The molecule has 1 aliphatic heterocycles. The first-order valence-electron chi connectivity index (χ1n) is 6.59. The van der Waals surface area contributed by atoms with Crippen molar-refractivity contribution in [1.29, 1.82) is 0 Å². The van der Waals surface area contributed by atoms with Gasteiger partial charge in [-0.15, -0.1) is 0 Å².